The van der Waals surface area contributed by atoms with E-state index in [0.717, 1.165) is 11.3 Å². The summed E-state index contributed by atoms with van der Waals surface area (Å²) in [6.45, 7) is 3.09. The number of esters is 1. The minimum absolute atomic E-state index is 0.0567. The SMILES string of the molecule is CC(=O)OC[C@H]1O[C@H](OCc2cn(-c3ccc(-c4noc(C)n4)cc3)nn2)C=C[C@@H]1N=[N+]=[N-]. The topological polar surface area (TPSA) is 163 Å². The zero-order valence-corrected chi connectivity index (χ0v) is 17.8. The molecule has 2 aromatic heterocycles. The molecule has 13 heteroatoms. The number of hydrogen-bond acceptors (Lipinski definition) is 10. The van der Waals surface area contributed by atoms with Crippen molar-refractivity contribution in [3.63, 3.8) is 0 Å². The Morgan fingerprint density at radius 1 is 1.30 bits per heavy atom. The largest absolute Gasteiger partial charge is 0.463 e. The Labute approximate surface area is 187 Å². The van der Waals surface area contributed by atoms with Crippen molar-refractivity contribution in [2.24, 2.45) is 5.11 Å². The van der Waals surface area contributed by atoms with Gasteiger partial charge in [0.1, 0.15) is 18.4 Å². The van der Waals surface area contributed by atoms with Crippen molar-refractivity contribution < 1.29 is 23.5 Å². The number of hydrogen-bond donors (Lipinski definition) is 0. The predicted molar refractivity (Wildman–Crippen MR) is 112 cm³/mol. The lowest BCUT2D eigenvalue weighted by Gasteiger charge is -2.29. The molecule has 1 aromatic carbocycles. The zero-order chi connectivity index (χ0) is 23.2. The second-order valence-electron chi connectivity index (χ2n) is 7.08. The van der Waals surface area contributed by atoms with Crippen LogP contribution in [0.2, 0.25) is 0 Å². The fourth-order valence-corrected chi connectivity index (χ4v) is 3.07. The summed E-state index contributed by atoms with van der Waals surface area (Å²) in [5, 5.41) is 15.8. The molecule has 3 heterocycles. The molecule has 1 aliphatic heterocycles. The highest BCUT2D eigenvalue weighted by atomic mass is 16.7. The smallest absolute Gasteiger partial charge is 0.302 e. The van der Waals surface area contributed by atoms with E-state index in [1.54, 1.807) is 30.0 Å². The van der Waals surface area contributed by atoms with E-state index in [9.17, 15) is 4.79 Å². The van der Waals surface area contributed by atoms with Crippen LogP contribution >= 0.6 is 0 Å². The number of benzene rings is 1. The molecule has 0 aliphatic carbocycles. The van der Waals surface area contributed by atoms with Gasteiger partial charge in [-0.2, -0.15) is 4.98 Å². The van der Waals surface area contributed by atoms with Crippen LogP contribution in [0.4, 0.5) is 0 Å². The van der Waals surface area contributed by atoms with Crippen LogP contribution < -0.4 is 0 Å². The van der Waals surface area contributed by atoms with Gasteiger partial charge in [-0.25, -0.2) is 4.68 Å². The molecule has 33 heavy (non-hydrogen) atoms. The Balaban J connectivity index is 1.36. The van der Waals surface area contributed by atoms with Gasteiger partial charge < -0.3 is 18.7 Å². The normalized spacial score (nSPS) is 19.8. The summed E-state index contributed by atoms with van der Waals surface area (Å²) < 4.78 is 23.1. The van der Waals surface area contributed by atoms with Crippen LogP contribution in [0.1, 0.15) is 18.5 Å². The first-order valence-electron chi connectivity index (χ1n) is 9.97. The van der Waals surface area contributed by atoms with Crippen LogP contribution in [0, 0.1) is 6.92 Å². The molecule has 0 saturated carbocycles. The molecule has 3 aromatic rings. The summed E-state index contributed by atoms with van der Waals surface area (Å²) in [5.74, 6) is 0.558. The minimum atomic E-state index is -0.724. The fraction of sp³-hybridized carbons (Fsp3) is 0.350. The number of aryl methyl sites for hydroxylation is 1. The third kappa shape index (κ3) is 5.60. The van der Waals surface area contributed by atoms with Crippen LogP contribution in [0.25, 0.3) is 27.5 Å². The van der Waals surface area contributed by atoms with Crippen LogP contribution in [0.15, 0.2) is 52.3 Å². The summed E-state index contributed by atoms with van der Waals surface area (Å²) in [6, 6.07) is 6.85. The number of ether oxygens (including phenoxy) is 3. The maximum absolute atomic E-state index is 11.1. The van der Waals surface area contributed by atoms with Gasteiger partial charge >= 0.3 is 5.97 Å². The lowest BCUT2D eigenvalue weighted by atomic mass is 10.1. The Morgan fingerprint density at radius 2 is 2.12 bits per heavy atom. The molecule has 0 saturated heterocycles. The third-order valence-corrected chi connectivity index (χ3v) is 4.65. The number of carbonyl (C=O) groups is 1. The van der Waals surface area contributed by atoms with Gasteiger partial charge in [-0.05, 0) is 35.9 Å². The average Bonchev–Trinajstić information content (AvgIpc) is 3.47. The van der Waals surface area contributed by atoms with Crippen molar-refractivity contribution in [1.29, 1.82) is 0 Å². The number of rotatable bonds is 8. The zero-order valence-electron chi connectivity index (χ0n) is 17.8. The molecule has 4 rings (SSSR count). The minimum Gasteiger partial charge on any atom is -0.463 e. The van der Waals surface area contributed by atoms with Crippen LogP contribution in [0.3, 0.4) is 0 Å². The number of carbonyl (C=O) groups excluding carboxylic acids is 1. The third-order valence-electron chi connectivity index (χ3n) is 4.65. The van der Waals surface area contributed by atoms with Crippen LogP contribution in [-0.4, -0.2) is 56.1 Å². The van der Waals surface area contributed by atoms with Crippen molar-refractivity contribution in [3.8, 4) is 17.1 Å². The summed E-state index contributed by atoms with van der Waals surface area (Å²) in [5.41, 5.74) is 10.9. The monoisotopic (exact) mass is 452 g/mol. The summed E-state index contributed by atoms with van der Waals surface area (Å²) in [6.07, 6.45) is 3.65. The summed E-state index contributed by atoms with van der Waals surface area (Å²) in [4.78, 5) is 18.1. The number of nitrogens with zero attached hydrogens (tertiary/aromatic N) is 8. The number of azide groups is 1. The molecular weight excluding hydrogens is 432 g/mol. The number of aromatic nitrogens is 5. The van der Waals surface area contributed by atoms with E-state index in [-0.39, 0.29) is 13.2 Å². The van der Waals surface area contributed by atoms with Gasteiger partial charge in [-0.15, -0.1) is 5.10 Å². The highest BCUT2D eigenvalue weighted by Crippen LogP contribution is 2.20. The molecule has 0 unspecified atom stereocenters. The maximum Gasteiger partial charge on any atom is 0.302 e. The molecule has 0 fully saturated rings. The van der Waals surface area contributed by atoms with E-state index in [1.165, 1.54) is 6.92 Å². The molecule has 1 aliphatic rings. The van der Waals surface area contributed by atoms with Gasteiger partial charge in [0.25, 0.3) is 0 Å². The summed E-state index contributed by atoms with van der Waals surface area (Å²) >= 11 is 0. The molecule has 0 radical (unpaired) electrons. The van der Waals surface area contributed by atoms with Gasteiger partial charge in [-0.3, -0.25) is 4.79 Å². The van der Waals surface area contributed by atoms with Crippen molar-refractivity contribution in [2.45, 2.75) is 38.9 Å². The van der Waals surface area contributed by atoms with Gasteiger partial charge in [0.15, 0.2) is 6.29 Å². The maximum atomic E-state index is 11.1. The van der Waals surface area contributed by atoms with E-state index in [2.05, 4.69) is 30.5 Å². The Kier molecular flexibility index (Phi) is 6.74. The first-order valence-corrected chi connectivity index (χ1v) is 9.97. The van der Waals surface area contributed by atoms with Crippen molar-refractivity contribution in [1.82, 2.24) is 25.1 Å². The van der Waals surface area contributed by atoms with E-state index >= 15 is 0 Å². The standard InChI is InChI=1S/C20H20N8O5/c1-12-22-20(25-33-12)14-3-5-16(6-4-14)28-9-15(23-27-28)10-31-19-8-7-17(24-26-21)18(32-19)11-30-13(2)29/h3-9,17-19H,10-11H2,1-2H3/t17-,18+,19-/m0/s1. The second-order valence-corrected chi connectivity index (χ2v) is 7.08. The molecule has 0 bridgehead atoms. The van der Waals surface area contributed by atoms with Crippen molar-refractivity contribution in [2.75, 3.05) is 6.61 Å². The quantitative estimate of drug-likeness (QED) is 0.164. The highest BCUT2D eigenvalue weighted by molar-refractivity contribution is 5.65. The molecule has 0 N–H and O–H groups in total. The Hall–Kier alpha value is -4.06. The van der Waals surface area contributed by atoms with E-state index in [0.29, 0.717) is 17.4 Å². The van der Waals surface area contributed by atoms with Crippen molar-refractivity contribution >= 4 is 5.97 Å². The van der Waals surface area contributed by atoms with Gasteiger partial charge in [0.05, 0.1) is 24.5 Å². The molecule has 0 amide bonds. The molecule has 13 nitrogen and oxygen atoms in total. The van der Waals surface area contributed by atoms with Crippen LogP contribution in [-0.2, 0) is 25.6 Å². The molecular formula is C20H20N8O5. The second kappa shape index (κ2) is 10.0. The average molecular weight is 452 g/mol. The first-order chi connectivity index (χ1) is 16.0. The summed E-state index contributed by atoms with van der Waals surface area (Å²) in [7, 11) is 0. The first kappa shape index (κ1) is 22.1. The molecule has 3 atom stereocenters. The lowest BCUT2D eigenvalue weighted by molar-refractivity contribution is -0.176. The van der Waals surface area contributed by atoms with E-state index in [4.69, 9.17) is 24.3 Å². The van der Waals surface area contributed by atoms with Gasteiger partial charge in [-0.1, -0.05) is 21.6 Å². The van der Waals surface area contributed by atoms with Gasteiger partial charge in [0, 0.05) is 24.3 Å². The Bertz CT molecular complexity index is 1180. The van der Waals surface area contributed by atoms with E-state index < -0.39 is 24.4 Å². The lowest BCUT2D eigenvalue weighted by Crippen LogP contribution is -2.38. The molecule has 170 valence electrons. The van der Waals surface area contributed by atoms with Crippen LogP contribution in [0.5, 0.6) is 0 Å². The van der Waals surface area contributed by atoms with E-state index in [1.807, 2.05) is 24.3 Å². The fourth-order valence-electron chi connectivity index (χ4n) is 3.07. The Morgan fingerprint density at radius 3 is 2.82 bits per heavy atom. The highest BCUT2D eigenvalue weighted by Gasteiger charge is 2.28. The van der Waals surface area contributed by atoms with Gasteiger partial charge in [0.2, 0.25) is 11.7 Å². The predicted octanol–water partition coefficient (Wildman–Crippen LogP) is 2.67. The van der Waals surface area contributed by atoms with Crippen molar-refractivity contribution in [3.05, 3.63) is 64.6 Å². The molecule has 0 spiro atoms.